The molecule has 2 aliphatic rings. The van der Waals surface area contributed by atoms with Gasteiger partial charge in [0.05, 0.1) is 10.6 Å². The van der Waals surface area contributed by atoms with Crippen molar-refractivity contribution in [3.63, 3.8) is 0 Å². The predicted molar refractivity (Wildman–Crippen MR) is 108 cm³/mol. The Morgan fingerprint density at radius 1 is 0.926 bits per heavy atom. The standard InChI is InChI=1S/C19H21Cl2N5O/c20-14-3-4-15(16(21)13-14)18(27)25-11-9-24(10-12-25)17-5-6-22-19(23-17)26-7-1-2-8-26/h3-6,13H,1-2,7-12H2. The Balaban J connectivity index is 1.41. The summed E-state index contributed by atoms with van der Waals surface area (Å²) in [4.78, 5) is 28.2. The topological polar surface area (TPSA) is 52.6 Å². The van der Waals surface area contributed by atoms with Crippen LogP contribution < -0.4 is 9.80 Å². The van der Waals surface area contributed by atoms with Gasteiger partial charge in [-0.1, -0.05) is 23.2 Å². The van der Waals surface area contributed by atoms with E-state index in [1.165, 1.54) is 12.8 Å². The first-order valence-corrected chi connectivity index (χ1v) is 9.95. The minimum absolute atomic E-state index is 0.0586. The maximum absolute atomic E-state index is 12.8. The molecular formula is C19H21Cl2N5O. The van der Waals surface area contributed by atoms with E-state index in [4.69, 9.17) is 28.2 Å². The molecule has 0 N–H and O–H groups in total. The molecule has 2 saturated heterocycles. The van der Waals surface area contributed by atoms with Crippen molar-refractivity contribution < 1.29 is 4.79 Å². The highest BCUT2D eigenvalue weighted by Gasteiger charge is 2.25. The predicted octanol–water partition coefficient (Wildman–Crippen LogP) is 3.35. The van der Waals surface area contributed by atoms with E-state index in [1.807, 2.05) is 17.2 Å². The summed E-state index contributed by atoms with van der Waals surface area (Å²) in [5.41, 5.74) is 0.493. The van der Waals surface area contributed by atoms with Gasteiger partial charge in [0, 0.05) is 50.5 Å². The summed E-state index contributed by atoms with van der Waals surface area (Å²) in [5.74, 6) is 1.66. The van der Waals surface area contributed by atoms with Crippen molar-refractivity contribution in [3.8, 4) is 0 Å². The second-order valence-corrected chi connectivity index (χ2v) is 7.66. The highest BCUT2D eigenvalue weighted by atomic mass is 35.5. The number of aromatic nitrogens is 2. The van der Waals surface area contributed by atoms with Gasteiger partial charge in [-0.3, -0.25) is 4.79 Å². The van der Waals surface area contributed by atoms with Crippen LogP contribution in [0.3, 0.4) is 0 Å². The minimum Gasteiger partial charge on any atom is -0.353 e. The molecule has 8 heteroatoms. The molecule has 27 heavy (non-hydrogen) atoms. The summed E-state index contributed by atoms with van der Waals surface area (Å²) in [6, 6.07) is 6.92. The van der Waals surface area contributed by atoms with E-state index in [0.717, 1.165) is 37.9 Å². The van der Waals surface area contributed by atoms with Crippen LogP contribution in [0.4, 0.5) is 11.8 Å². The monoisotopic (exact) mass is 405 g/mol. The number of carbonyl (C=O) groups is 1. The number of hydrogen-bond acceptors (Lipinski definition) is 5. The zero-order valence-corrected chi connectivity index (χ0v) is 16.5. The fourth-order valence-corrected chi connectivity index (χ4v) is 4.05. The van der Waals surface area contributed by atoms with Gasteiger partial charge in [-0.2, -0.15) is 4.98 Å². The van der Waals surface area contributed by atoms with Gasteiger partial charge in [-0.15, -0.1) is 0 Å². The van der Waals surface area contributed by atoms with Crippen molar-refractivity contribution in [1.82, 2.24) is 14.9 Å². The average molecular weight is 406 g/mol. The highest BCUT2D eigenvalue weighted by Crippen LogP contribution is 2.24. The number of carbonyl (C=O) groups excluding carboxylic acids is 1. The average Bonchev–Trinajstić information content (AvgIpc) is 3.23. The second-order valence-electron chi connectivity index (χ2n) is 6.81. The molecule has 142 valence electrons. The van der Waals surface area contributed by atoms with Gasteiger partial charge in [0.25, 0.3) is 5.91 Å². The first-order chi connectivity index (χ1) is 13.1. The molecule has 0 radical (unpaired) electrons. The Labute approximate surface area is 168 Å². The molecule has 0 atom stereocenters. The third-order valence-corrected chi connectivity index (χ3v) is 5.62. The summed E-state index contributed by atoms with van der Waals surface area (Å²) in [6.45, 7) is 4.75. The van der Waals surface area contributed by atoms with Crippen molar-refractivity contribution in [2.45, 2.75) is 12.8 Å². The molecule has 0 bridgehead atoms. The zero-order chi connectivity index (χ0) is 18.8. The Kier molecular flexibility index (Phi) is 5.36. The van der Waals surface area contributed by atoms with Crippen molar-refractivity contribution in [3.05, 3.63) is 46.1 Å². The second kappa shape index (κ2) is 7.90. The molecule has 1 aromatic heterocycles. The molecule has 1 aromatic carbocycles. The van der Waals surface area contributed by atoms with Crippen LogP contribution in [0.1, 0.15) is 23.2 Å². The van der Waals surface area contributed by atoms with Crippen molar-refractivity contribution in [2.24, 2.45) is 0 Å². The van der Waals surface area contributed by atoms with Crippen molar-refractivity contribution >= 4 is 40.9 Å². The smallest absolute Gasteiger partial charge is 0.255 e. The third-order valence-electron chi connectivity index (χ3n) is 5.07. The number of benzene rings is 1. The molecule has 2 aromatic rings. The van der Waals surface area contributed by atoms with Crippen LogP contribution in [0.5, 0.6) is 0 Å². The lowest BCUT2D eigenvalue weighted by Gasteiger charge is -2.35. The van der Waals surface area contributed by atoms with Gasteiger partial charge in [0.1, 0.15) is 5.82 Å². The Morgan fingerprint density at radius 3 is 2.37 bits per heavy atom. The van der Waals surface area contributed by atoms with E-state index in [0.29, 0.717) is 28.7 Å². The maximum Gasteiger partial charge on any atom is 0.255 e. The van der Waals surface area contributed by atoms with Crippen LogP contribution in [0.15, 0.2) is 30.5 Å². The lowest BCUT2D eigenvalue weighted by Crippen LogP contribution is -2.49. The summed E-state index contributed by atoms with van der Waals surface area (Å²) in [7, 11) is 0. The number of amides is 1. The maximum atomic E-state index is 12.8. The van der Waals surface area contributed by atoms with E-state index >= 15 is 0 Å². The summed E-state index contributed by atoms with van der Waals surface area (Å²) in [5, 5.41) is 0.917. The molecule has 0 saturated carbocycles. The first-order valence-electron chi connectivity index (χ1n) is 9.19. The van der Waals surface area contributed by atoms with Crippen LogP contribution in [0.2, 0.25) is 10.0 Å². The van der Waals surface area contributed by atoms with Gasteiger partial charge < -0.3 is 14.7 Å². The van der Waals surface area contributed by atoms with Crippen molar-refractivity contribution in [1.29, 1.82) is 0 Å². The largest absolute Gasteiger partial charge is 0.353 e. The summed E-state index contributed by atoms with van der Waals surface area (Å²) in [6.07, 6.45) is 4.21. The summed E-state index contributed by atoms with van der Waals surface area (Å²) < 4.78 is 0. The molecule has 4 rings (SSSR count). The van der Waals surface area contributed by atoms with Gasteiger partial charge in [0.2, 0.25) is 5.95 Å². The number of nitrogens with zero attached hydrogens (tertiary/aromatic N) is 5. The first kappa shape index (κ1) is 18.3. The highest BCUT2D eigenvalue weighted by molar-refractivity contribution is 6.36. The molecular weight excluding hydrogens is 385 g/mol. The fraction of sp³-hybridized carbons (Fsp3) is 0.421. The van der Waals surface area contributed by atoms with Crippen LogP contribution in [0, 0.1) is 0 Å². The summed E-state index contributed by atoms with van der Waals surface area (Å²) >= 11 is 12.1. The van der Waals surface area contributed by atoms with Crippen LogP contribution in [0.25, 0.3) is 0 Å². The van der Waals surface area contributed by atoms with Gasteiger partial charge in [-0.25, -0.2) is 4.98 Å². The Morgan fingerprint density at radius 2 is 1.67 bits per heavy atom. The SMILES string of the molecule is O=C(c1ccc(Cl)cc1Cl)N1CCN(c2ccnc(N3CCCC3)n2)CC1. The van der Waals surface area contributed by atoms with Gasteiger partial charge in [-0.05, 0) is 37.1 Å². The number of halogens is 2. The van der Waals surface area contributed by atoms with E-state index in [9.17, 15) is 4.79 Å². The molecule has 2 aliphatic heterocycles. The van der Waals surface area contributed by atoms with E-state index in [1.54, 1.807) is 18.2 Å². The normalized spacial score (nSPS) is 17.5. The molecule has 3 heterocycles. The molecule has 0 unspecified atom stereocenters. The van der Waals surface area contributed by atoms with Gasteiger partial charge >= 0.3 is 0 Å². The van der Waals surface area contributed by atoms with Crippen LogP contribution >= 0.6 is 23.2 Å². The minimum atomic E-state index is -0.0586. The lowest BCUT2D eigenvalue weighted by atomic mass is 10.2. The molecule has 0 spiro atoms. The third kappa shape index (κ3) is 3.96. The quantitative estimate of drug-likeness (QED) is 0.783. The van der Waals surface area contributed by atoms with Gasteiger partial charge in [0.15, 0.2) is 0 Å². The number of rotatable bonds is 3. The van der Waals surface area contributed by atoms with Crippen molar-refractivity contribution in [2.75, 3.05) is 49.1 Å². The van der Waals surface area contributed by atoms with E-state index in [2.05, 4.69) is 14.8 Å². The number of anilines is 2. The van der Waals surface area contributed by atoms with E-state index < -0.39 is 0 Å². The Hall–Kier alpha value is -2.05. The lowest BCUT2D eigenvalue weighted by molar-refractivity contribution is 0.0746. The Bertz CT molecular complexity index is 833. The molecule has 1 amide bonds. The van der Waals surface area contributed by atoms with Crippen LogP contribution in [-0.4, -0.2) is 60.0 Å². The fourth-order valence-electron chi connectivity index (χ4n) is 3.56. The molecule has 6 nitrogen and oxygen atoms in total. The number of hydrogen-bond donors (Lipinski definition) is 0. The molecule has 2 fully saturated rings. The zero-order valence-electron chi connectivity index (χ0n) is 14.9. The van der Waals surface area contributed by atoms with Crippen LogP contribution in [-0.2, 0) is 0 Å². The molecule has 0 aliphatic carbocycles. The number of piperazine rings is 1. The van der Waals surface area contributed by atoms with E-state index in [-0.39, 0.29) is 5.91 Å².